The molecule has 0 bridgehead atoms. The van der Waals surface area contributed by atoms with Crippen molar-refractivity contribution >= 4 is 11.3 Å². The molecule has 1 atom stereocenters. The van der Waals surface area contributed by atoms with Gasteiger partial charge in [-0.15, -0.1) is 11.3 Å². The van der Waals surface area contributed by atoms with Crippen LogP contribution in [0.5, 0.6) is 0 Å². The monoisotopic (exact) mass is 197 g/mol. The van der Waals surface area contributed by atoms with E-state index >= 15 is 0 Å². The zero-order valence-corrected chi connectivity index (χ0v) is 7.96. The van der Waals surface area contributed by atoms with E-state index in [1.807, 2.05) is 5.38 Å². The van der Waals surface area contributed by atoms with Crippen LogP contribution >= 0.6 is 11.3 Å². The van der Waals surface area contributed by atoms with Gasteiger partial charge in [-0.2, -0.15) is 0 Å². The molecule has 0 aromatic carbocycles. The highest BCUT2D eigenvalue weighted by molar-refractivity contribution is 7.07. The van der Waals surface area contributed by atoms with Crippen LogP contribution in [0.2, 0.25) is 0 Å². The molecule has 0 aliphatic carbocycles. The molecule has 0 fully saturated rings. The zero-order valence-electron chi connectivity index (χ0n) is 7.14. The molecule has 1 aromatic rings. The lowest BCUT2D eigenvalue weighted by molar-refractivity contribution is 0.168. The number of aliphatic hydroxyl groups excluding tert-OH is 1. The molecule has 3 nitrogen and oxygen atoms in total. The van der Waals surface area contributed by atoms with Crippen molar-refractivity contribution in [2.24, 2.45) is 0 Å². The quantitative estimate of drug-likeness (QED) is 0.787. The summed E-state index contributed by atoms with van der Waals surface area (Å²) in [5.74, 6) is 0. The number of rotatable bonds is 2. The molecular formula is C9H11NO2S. The van der Waals surface area contributed by atoms with Crippen LogP contribution in [0.15, 0.2) is 22.7 Å². The highest BCUT2D eigenvalue weighted by atomic mass is 32.1. The number of hydrogen-bond donors (Lipinski definition) is 1. The topological polar surface area (TPSA) is 42.4 Å². The first-order valence-corrected chi connectivity index (χ1v) is 5.19. The lowest BCUT2D eigenvalue weighted by atomic mass is 10.0. The van der Waals surface area contributed by atoms with Crippen molar-refractivity contribution in [2.45, 2.75) is 18.9 Å². The van der Waals surface area contributed by atoms with E-state index in [9.17, 15) is 5.11 Å². The summed E-state index contributed by atoms with van der Waals surface area (Å²) in [5, 5.41) is 11.7. The van der Waals surface area contributed by atoms with Crippen LogP contribution in [0.1, 0.15) is 24.6 Å². The number of aromatic nitrogens is 1. The van der Waals surface area contributed by atoms with Gasteiger partial charge in [-0.05, 0) is 18.4 Å². The Bertz CT molecular complexity index is 295. The van der Waals surface area contributed by atoms with E-state index in [2.05, 4.69) is 4.98 Å². The van der Waals surface area contributed by atoms with Gasteiger partial charge >= 0.3 is 0 Å². The number of nitrogens with zero attached hydrogens (tertiary/aromatic N) is 1. The highest BCUT2D eigenvalue weighted by Gasteiger charge is 2.17. The van der Waals surface area contributed by atoms with Crippen molar-refractivity contribution in [1.82, 2.24) is 4.98 Å². The minimum Gasteiger partial charge on any atom is -0.501 e. The Morgan fingerprint density at radius 3 is 3.15 bits per heavy atom. The lowest BCUT2D eigenvalue weighted by Crippen LogP contribution is -2.07. The maximum Gasteiger partial charge on any atom is 0.121 e. The number of thiazole rings is 1. The Hall–Kier alpha value is -0.870. The third-order valence-corrected chi connectivity index (χ3v) is 2.65. The smallest absolute Gasteiger partial charge is 0.121 e. The molecule has 1 aliphatic heterocycles. The Morgan fingerprint density at radius 1 is 1.62 bits per heavy atom. The first-order valence-electron chi connectivity index (χ1n) is 4.24. The van der Waals surface area contributed by atoms with E-state index in [0.29, 0.717) is 0 Å². The second-order valence-corrected chi connectivity index (χ2v) is 3.70. The SMILES string of the molecule is OC(C1=COCCC1)c1cscn1. The molecular weight excluding hydrogens is 186 g/mol. The molecule has 1 unspecified atom stereocenters. The van der Waals surface area contributed by atoms with E-state index in [1.54, 1.807) is 11.8 Å². The third-order valence-electron chi connectivity index (χ3n) is 2.05. The highest BCUT2D eigenvalue weighted by Crippen LogP contribution is 2.26. The molecule has 2 heterocycles. The first-order chi connectivity index (χ1) is 6.38. The van der Waals surface area contributed by atoms with Crippen molar-refractivity contribution in [3.63, 3.8) is 0 Å². The molecule has 1 aromatic heterocycles. The Balaban J connectivity index is 2.12. The normalized spacial score (nSPS) is 19.0. The molecule has 70 valence electrons. The summed E-state index contributed by atoms with van der Waals surface area (Å²) in [7, 11) is 0. The molecule has 0 saturated carbocycles. The summed E-state index contributed by atoms with van der Waals surface area (Å²) in [6.07, 6.45) is 2.96. The van der Waals surface area contributed by atoms with Crippen LogP contribution in [0.25, 0.3) is 0 Å². The predicted octanol–water partition coefficient (Wildman–Crippen LogP) is 1.87. The van der Waals surface area contributed by atoms with Crippen molar-refractivity contribution in [3.05, 3.63) is 28.4 Å². The Morgan fingerprint density at radius 2 is 2.54 bits per heavy atom. The maximum absolute atomic E-state index is 9.83. The van der Waals surface area contributed by atoms with Gasteiger partial charge in [0, 0.05) is 5.38 Å². The second-order valence-electron chi connectivity index (χ2n) is 2.98. The van der Waals surface area contributed by atoms with Gasteiger partial charge in [-0.1, -0.05) is 0 Å². The number of aliphatic hydroxyl groups is 1. The fourth-order valence-electron chi connectivity index (χ4n) is 1.33. The van der Waals surface area contributed by atoms with Gasteiger partial charge < -0.3 is 9.84 Å². The van der Waals surface area contributed by atoms with Gasteiger partial charge in [0.25, 0.3) is 0 Å². The molecule has 0 saturated heterocycles. The van der Waals surface area contributed by atoms with Crippen molar-refractivity contribution in [3.8, 4) is 0 Å². The number of ether oxygens (including phenoxy) is 1. The van der Waals surface area contributed by atoms with Gasteiger partial charge in [-0.25, -0.2) is 4.98 Å². The van der Waals surface area contributed by atoms with Crippen molar-refractivity contribution in [1.29, 1.82) is 0 Å². The third kappa shape index (κ3) is 1.89. The van der Waals surface area contributed by atoms with E-state index < -0.39 is 6.10 Å². The number of hydrogen-bond acceptors (Lipinski definition) is 4. The van der Waals surface area contributed by atoms with Crippen LogP contribution in [-0.2, 0) is 4.74 Å². The molecule has 2 rings (SSSR count). The zero-order chi connectivity index (χ0) is 9.10. The van der Waals surface area contributed by atoms with E-state index in [-0.39, 0.29) is 0 Å². The summed E-state index contributed by atoms with van der Waals surface area (Å²) in [6.45, 7) is 0.757. The van der Waals surface area contributed by atoms with Gasteiger partial charge in [0.2, 0.25) is 0 Å². The summed E-state index contributed by atoms with van der Waals surface area (Å²) < 4.78 is 5.15. The summed E-state index contributed by atoms with van der Waals surface area (Å²) in [5.41, 5.74) is 3.38. The molecule has 13 heavy (non-hydrogen) atoms. The fraction of sp³-hybridized carbons (Fsp3) is 0.444. The van der Waals surface area contributed by atoms with E-state index in [0.717, 1.165) is 30.7 Å². The predicted molar refractivity (Wildman–Crippen MR) is 50.3 cm³/mol. The molecule has 0 radical (unpaired) electrons. The molecule has 1 N–H and O–H groups in total. The van der Waals surface area contributed by atoms with Gasteiger partial charge in [0.1, 0.15) is 6.10 Å². The maximum atomic E-state index is 9.83. The van der Waals surface area contributed by atoms with Crippen molar-refractivity contribution in [2.75, 3.05) is 6.61 Å². The van der Waals surface area contributed by atoms with E-state index in [4.69, 9.17) is 4.74 Å². The van der Waals surface area contributed by atoms with Gasteiger partial charge in [-0.3, -0.25) is 0 Å². The molecule has 4 heteroatoms. The fourth-order valence-corrected chi connectivity index (χ4v) is 1.91. The minimum atomic E-state index is -0.577. The standard InChI is InChI=1S/C9H11NO2S/c11-9(8-5-13-6-10-8)7-2-1-3-12-4-7/h4-6,9,11H,1-3H2. The van der Waals surface area contributed by atoms with Crippen LogP contribution < -0.4 is 0 Å². The van der Waals surface area contributed by atoms with E-state index in [1.165, 1.54) is 11.3 Å². The average Bonchev–Trinajstić information content (AvgIpc) is 2.71. The van der Waals surface area contributed by atoms with Crippen LogP contribution in [0.4, 0.5) is 0 Å². The summed E-state index contributed by atoms with van der Waals surface area (Å²) in [6, 6.07) is 0. The molecule has 0 spiro atoms. The first kappa shape index (κ1) is 8.72. The molecule has 0 amide bonds. The van der Waals surface area contributed by atoms with Gasteiger partial charge in [0.15, 0.2) is 0 Å². The minimum absolute atomic E-state index is 0.577. The Kier molecular flexibility index (Phi) is 2.61. The Labute approximate surface area is 80.7 Å². The molecule has 1 aliphatic rings. The van der Waals surface area contributed by atoms with Crippen molar-refractivity contribution < 1.29 is 9.84 Å². The van der Waals surface area contributed by atoms with Gasteiger partial charge in [0.05, 0.1) is 24.1 Å². The van der Waals surface area contributed by atoms with Crippen LogP contribution in [0, 0.1) is 0 Å². The summed E-state index contributed by atoms with van der Waals surface area (Å²) >= 11 is 1.49. The largest absolute Gasteiger partial charge is 0.501 e. The second kappa shape index (κ2) is 3.89. The van der Waals surface area contributed by atoms with Crippen LogP contribution in [0.3, 0.4) is 0 Å². The summed E-state index contributed by atoms with van der Waals surface area (Å²) in [4.78, 5) is 4.06. The lowest BCUT2D eigenvalue weighted by Gasteiger charge is -2.17. The van der Waals surface area contributed by atoms with Crippen LogP contribution in [-0.4, -0.2) is 16.7 Å². The average molecular weight is 197 g/mol.